The van der Waals surface area contributed by atoms with Crippen LogP contribution in [-0.4, -0.2) is 41.6 Å². The van der Waals surface area contributed by atoms with Gasteiger partial charge in [0.15, 0.2) is 5.01 Å². The third-order valence-electron chi connectivity index (χ3n) is 3.73. The summed E-state index contributed by atoms with van der Waals surface area (Å²) >= 11 is 1.11. The van der Waals surface area contributed by atoms with Gasteiger partial charge in [0.1, 0.15) is 5.69 Å². The van der Waals surface area contributed by atoms with Crippen LogP contribution in [0.4, 0.5) is 14.5 Å². The molecule has 0 saturated heterocycles. The molecule has 2 N–H and O–H groups in total. The fourth-order valence-electron chi connectivity index (χ4n) is 2.39. The molecule has 0 radical (unpaired) electrons. The van der Waals surface area contributed by atoms with Crippen LogP contribution in [0, 0.1) is 0 Å². The molecule has 0 spiro atoms. The minimum Gasteiger partial charge on any atom is -0.477 e. The van der Waals surface area contributed by atoms with Gasteiger partial charge in [0.05, 0.1) is 23.9 Å². The van der Waals surface area contributed by atoms with Gasteiger partial charge in [-0.1, -0.05) is 12.1 Å². The van der Waals surface area contributed by atoms with E-state index in [9.17, 15) is 22.0 Å². The zero-order chi connectivity index (χ0) is 22.4. The molecule has 1 aromatic carbocycles. The lowest BCUT2D eigenvalue weighted by atomic mass is 10.2. The Morgan fingerprint density at radius 2 is 2.06 bits per heavy atom. The highest BCUT2D eigenvalue weighted by Crippen LogP contribution is 2.25. The summed E-state index contributed by atoms with van der Waals surface area (Å²) in [7, 11) is -4.77. The van der Waals surface area contributed by atoms with Gasteiger partial charge in [0.25, 0.3) is 15.9 Å². The number of anilines is 1. The number of nitrogens with one attached hydrogen (secondary N) is 2. The predicted octanol–water partition coefficient (Wildman–Crippen LogP) is 2.89. The number of hydrogen-bond donors (Lipinski definition) is 2. The van der Waals surface area contributed by atoms with E-state index in [1.807, 2.05) is 6.92 Å². The molecule has 0 aliphatic carbocycles. The average molecular weight is 469 g/mol. The van der Waals surface area contributed by atoms with Crippen LogP contribution >= 0.6 is 11.3 Å². The molecule has 9 nitrogen and oxygen atoms in total. The molecule has 0 aliphatic rings. The van der Waals surface area contributed by atoms with Crippen molar-refractivity contribution in [3.8, 4) is 16.5 Å². The van der Waals surface area contributed by atoms with E-state index in [2.05, 4.69) is 20.3 Å². The summed E-state index contributed by atoms with van der Waals surface area (Å²) in [5.41, 5.74) is 0.993. The van der Waals surface area contributed by atoms with E-state index in [-0.39, 0.29) is 17.2 Å². The smallest absolute Gasteiger partial charge is 0.355 e. The first-order valence-corrected chi connectivity index (χ1v) is 11.2. The minimum atomic E-state index is -4.77. The number of hydrogen-bond acceptors (Lipinski definition) is 8. The Labute approximate surface area is 180 Å². The summed E-state index contributed by atoms with van der Waals surface area (Å²) in [6.07, 6.45) is 4.51. The highest BCUT2D eigenvalue weighted by atomic mass is 32.2. The topological polar surface area (TPSA) is 123 Å². The summed E-state index contributed by atoms with van der Waals surface area (Å²) in [5, 5.41) is 2.84. The Morgan fingerprint density at radius 3 is 2.81 bits per heavy atom. The number of carbonyl (C=O) groups is 1. The normalized spacial score (nSPS) is 11.4. The van der Waals surface area contributed by atoms with Crippen LogP contribution in [0.15, 0.2) is 42.9 Å². The summed E-state index contributed by atoms with van der Waals surface area (Å²) in [4.78, 5) is 25.5. The molecule has 0 atom stereocenters. The third kappa shape index (κ3) is 5.92. The van der Waals surface area contributed by atoms with Crippen LogP contribution in [0.3, 0.4) is 0 Å². The van der Waals surface area contributed by atoms with E-state index in [0.29, 0.717) is 28.6 Å². The van der Waals surface area contributed by atoms with Crippen LogP contribution in [-0.2, 0) is 16.6 Å². The molecule has 2 heterocycles. The molecule has 3 rings (SSSR count). The second-order valence-electron chi connectivity index (χ2n) is 6.00. The van der Waals surface area contributed by atoms with E-state index >= 15 is 0 Å². The van der Waals surface area contributed by atoms with Crippen molar-refractivity contribution in [3.63, 3.8) is 0 Å². The zero-order valence-electron chi connectivity index (χ0n) is 16.1. The van der Waals surface area contributed by atoms with Crippen molar-refractivity contribution in [2.45, 2.75) is 19.2 Å². The lowest BCUT2D eigenvalue weighted by Gasteiger charge is -2.09. The number of aromatic nitrogens is 3. The van der Waals surface area contributed by atoms with Crippen molar-refractivity contribution in [1.29, 1.82) is 0 Å². The lowest BCUT2D eigenvalue weighted by molar-refractivity contribution is 0.0950. The zero-order valence-corrected chi connectivity index (χ0v) is 17.7. The molecular weight excluding hydrogens is 452 g/mol. The maximum atomic E-state index is 12.5. The summed E-state index contributed by atoms with van der Waals surface area (Å²) in [5.74, 6) is -3.64. The van der Waals surface area contributed by atoms with Crippen molar-refractivity contribution < 1.29 is 26.7 Å². The predicted molar refractivity (Wildman–Crippen MR) is 110 cm³/mol. The number of sulfonamides is 1. The monoisotopic (exact) mass is 469 g/mol. The Morgan fingerprint density at radius 1 is 1.26 bits per heavy atom. The largest absolute Gasteiger partial charge is 0.477 e. The fraction of sp³-hybridized carbons (Fsp3) is 0.222. The highest BCUT2D eigenvalue weighted by molar-refractivity contribution is 7.93. The van der Waals surface area contributed by atoms with E-state index in [1.165, 1.54) is 36.8 Å². The van der Waals surface area contributed by atoms with Gasteiger partial charge in [-0.05, 0) is 24.6 Å². The fourth-order valence-corrected chi connectivity index (χ4v) is 3.72. The Balaban J connectivity index is 1.64. The van der Waals surface area contributed by atoms with Crippen molar-refractivity contribution in [1.82, 2.24) is 20.3 Å². The first-order valence-electron chi connectivity index (χ1n) is 8.86. The van der Waals surface area contributed by atoms with Gasteiger partial charge in [0.2, 0.25) is 5.88 Å². The van der Waals surface area contributed by atoms with Crippen LogP contribution in [0.5, 0.6) is 5.88 Å². The quantitative estimate of drug-likeness (QED) is 0.494. The summed E-state index contributed by atoms with van der Waals surface area (Å²) in [6, 6.07) is 5.77. The number of halogens is 2. The molecule has 1 amide bonds. The van der Waals surface area contributed by atoms with Crippen molar-refractivity contribution >= 4 is 33.0 Å². The molecule has 3 aromatic rings. The number of amides is 1. The van der Waals surface area contributed by atoms with Gasteiger partial charge in [-0.25, -0.2) is 18.4 Å². The van der Waals surface area contributed by atoms with Crippen LogP contribution < -0.4 is 14.8 Å². The van der Waals surface area contributed by atoms with E-state index in [0.717, 1.165) is 11.3 Å². The van der Waals surface area contributed by atoms with Crippen LogP contribution in [0.1, 0.15) is 22.3 Å². The first kappa shape index (κ1) is 22.5. The molecule has 0 unspecified atom stereocenters. The maximum Gasteiger partial charge on any atom is 0.355 e. The maximum absolute atomic E-state index is 12.5. The molecule has 0 aliphatic heterocycles. The molecule has 13 heteroatoms. The van der Waals surface area contributed by atoms with Crippen LogP contribution in [0.2, 0.25) is 0 Å². The second-order valence-corrected chi connectivity index (χ2v) is 8.68. The van der Waals surface area contributed by atoms with E-state index in [4.69, 9.17) is 4.74 Å². The van der Waals surface area contributed by atoms with Gasteiger partial charge in [-0.2, -0.15) is 8.78 Å². The average Bonchev–Trinajstić information content (AvgIpc) is 3.23. The number of alkyl halides is 2. The van der Waals surface area contributed by atoms with E-state index < -0.39 is 21.7 Å². The first-order chi connectivity index (χ1) is 14.8. The molecular formula is C18H17F2N5O4S2. The minimum absolute atomic E-state index is 0.0312. The standard InChI is InChI=1S/C18H17F2N5O4S2/c1-2-29-15-10-21-8-13(24-15)14-9-23-17(30-14)16(26)22-7-11-4-3-5-12(6-11)25-31(27,28)18(19)20/h3-6,8-10,18,25H,2,7H2,1H3,(H,22,26). The third-order valence-corrected chi connectivity index (χ3v) is 5.74. The molecule has 0 bridgehead atoms. The number of thiazole rings is 1. The van der Waals surface area contributed by atoms with E-state index in [1.54, 1.807) is 10.8 Å². The molecule has 164 valence electrons. The van der Waals surface area contributed by atoms with Gasteiger partial charge in [-0.3, -0.25) is 14.5 Å². The number of nitrogens with zero attached hydrogens (tertiary/aromatic N) is 3. The van der Waals surface area contributed by atoms with Gasteiger partial charge in [0, 0.05) is 18.4 Å². The molecule has 31 heavy (non-hydrogen) atoms. The number of carbonyl (C=O) groups excluding carboxylic acids is 1. The Hall–Kier alpha value is -3.19. The highest BCUT2D eigenvalue weighted by Gasteiger charge is 2.23. The van der Waals surface area contributed by atoms with Crippen molar-refractivity contribution in [2.75, 3.05) is 11.3 Å². The summed E-state index contributed by atoms with van der Waals surface area (Å²) < 4.78 is 54.7. The number of rotatable bonds is 9. The van der Waals surface area contributed by atoms with Gasteiger partial charge in [-0.15, -0.1) is 11.3 Å². The Kier molecular flexibility index (Phi) is 7.07. The van der Waals surface area contributed by atoms with Crippen molar-refractivity contribution in [2.24, 2.45) is 0 Å². The Bertz CT molecular complexity index is 1170. The molecule has 0 saturated carbocycles. The van der Waals surface area contributed by atoms with Crippen molar-refractivity contribution in [3.05, 3.63) is 53.4 Å². The van der Waals surface area contributed by atoms with Crippen LogP contribution in [0.25, 0.3) is 10.6 Å². The number of benzene rings is 1. The van der Waals surface area contributed by atoms with Gasteiger partial charge < -0.3 is 10.1 Å². The lowest BCUT2D eigenvalue weighted by Crippen LogP contribution is -2.23. The molecule has 2 aromatic heterocycles. The molecule has 0 fully saturated rings. The number of ether oxygens (including phenoxy) is 1. The SMILES string of the molecule is CCOc1cncc(-c2cnc(C(=O)NCc3cccc(NS(=O)(=O)C(F)F)c3)s2)n1. The summed E-state index contributed by atoms with van der Waals surface area (Å²) in [6.45, 7) is 2.31. The van der Waals surface area contributed by atoms with Gasteiger partial charge >= 0.3 is 5.76 Å². The second kappa shape index (κ2) is 9.75.